The highest BCUT2D eigenvalue weighted by Gasteiger charge is 2.25. The fraction of sp³-hybridized carbons (Fsp3) is 0.462. The number of carbonyl (C=O) groups is 1. The molecule has 18 heavy (non-hydrogen) atoms. The van der Waals surface area contributed by atoms with Gasteiger partial charge >= 0.3 is 0 Å². The number of nitrogens with one attached hydrogen (secondary N) is 1. The van der Waals surface area contributed by atoms with Crippen LogP contribution in [-0.4, -0.2) is 37.0 Å². The molecule has 0 atom stereocenters. The predicted octanol–water partition coefficient (Wildman–Crippen LogP) is 0.874. The number of benzene rings is 1. The van der Waals surface area contributed by atoms with E-state index in [1.165, 1.54) is 12.8 Å². The van der Waals surface area contributed by atoms with Crippen LogP contribution in [-0.2, 0) is 0 Å². The van der Waals surface area contributed by atoms with Gasteiger partial charge in [-0.25, -0.2) is 0 Å². The van der Waals surface area contributed by atoms with Crippen LogP contribution in [0.25, 0.3) is 0 Å². The normalized spacial score (nSPS) is 14.8. The Bertz CT molecular complexity index is 443. The number of amides is 1. The second kappa shape index (κ2) is 5.27. The summed E-state index contributed by atoms with van der Waals surface area (Å²) in [5, 5.41) is 3.25. The molecule has 1 aromatic rings. The van der Waals surface area contributed by atoms with Crippen LogP contribution in [0, 0.1) is 0 Å². The molecule has 1 aromatic carbocycles. The van der Waals surface area contributed by atoms with E-state index in [-0.39, 0.29) is 0 Å². The van der Waals surface area contributed by atoms with Crippen molar-refractivity contribution in [2.45, 2.75) is 18.9 Å². The average Bonchev–Trinajstić information content (AvgIpc) is 3.14. The lowest BCUT2D eigenvalue weighted by Crippen LogP contribution is -2.27. The molecule has 0 radical (unpaired) electrons. The van der Waals surface area contributed by atoms with Gasteiger partial charge in [-0.2, -0.15) is 0 Å². The van der Waals surface area contributed by atoms with Gasteiger partial charge in [0, 0.05) is 19.1 Å². The van der Waals surface area contributed by atoms with Crippen molar-refractivity contribution >= 4 is 17.3 Å². The molecule has 5 heteroatoms. The number of carbonyl (C=O) groups excluding carboxylic acids is 1. The van der Waals surface area contributed by atoms with Gasteiger partial charge in [-0.3, -0.25) is 4.79 Å². The van der Waals surface area contributed by atoms with E-state index in [4.69, 9.17) is 11.5 Å². The average molecular weight is 248 g/mol. The van der Waals surface area contributed by atoms with Crippen LogP contribution in [0.15, 0.2) is 18.2 Å². The van der Waals surface area contributed by atoms with Crippen molar-refractivity contribution in [3.8, 4) is 0 Å². The highest BCUT2D eigenvalue weighted by molar-refractivity contribution is 6.00. The molecule has 5 nitrogen and oxygen atoms in total. The molecule has 1 saturated carbocycles. The number of nitrogens with zero attached hydrogens (tertiary/aromatic N) is 1. The SMILES string of the molecule is CN(CCNc1cccc(C(N)=O)c1N)C1CC1. The van der Waals surface area contributed by atoms with Crippen molar-refractivity contribution in [2.75, 3.05) is 31.2 Å². The maximum atomic E-state index is 11.2. The summed E-state index contributed by atoms with van der Waals surface area (Å²) in [7, 11) is 2.13. The van der Waals surface area contributed by atoms with E-state index in [1.54, 1.807) is 12.1 Å². The number of nitrogens with two attached hydrogens (primary N) is 2. The quantitative estimate of drug-likeness (QED) is 0.652. The van der Waals surface area contributed by atoms with Gasteiger partial charge in [0.2, 0.25) is 0 Å². The van der Waals surface area contributed by atoms with E-state index in [0.717, 1.165) is 24.8 Å². The Morgan fingerprint density at radius 1 is 1.50 bits per heavy atom. The van der Waals surface area contributed by atoms with Gasteiger partial charge in [-0.15, -0.1) is 0 Å². The number of primary amides is 1. The minimum absolute atomic E-state index is 0.371. The largest absolute Gasteiger partial charge is 0.396 e. The summed E-state index contributed by atoms with van der Waals surface area (Å²) in [4.78, 5) is 13.5. The molecule has 0 unspecified atom stereocenters. The predicted molar refractivity (Wildman–Crippen MR) is 73.5 cm³/mol. The lowest BCUT2D eigenvalue weighted by atomic mass is 10.1. The van der Waals surface area contributed by atoms with Gasteiger partial charge < -0.3 is 21.7 Å². The Morgan fingerprint density at radius 2 is 2.22 bits per heavy atom. The van der Waals surface area contributed by atoms with Crippen molar-refractivity contribution in [1.29, 1.82) is 0 Å². The molecule has 0 aromatic heterocycles. The summed E-state index contributed by atoms with van der Waals surface area (Å²) >= 11 is 0. The number of para-hydroxylation sites is 1. The topological polar surface area (TPSA) is 84.4 Å². The second-order valence-electron chi connectivity index (χ2n) is 4.77. The Balaban J connectivity index is 1.92. The smallest absolute Gasteiger partial charge is 0.250 e. The molecule has 0 aliphatic heterocycles. The highest BCUT2D eigenvalue weighted by atomic mass is 16.1. The molecule has 2 rings (SSSR count). The molecule has 5 N–H and O–H groups in total. The van der Waals surface area contributed by atoms with E-state index in [1.807, 2.05) is 6.07 Å². The van der Waals surface area contributed by atoms with Crippen LogP contribution in [0.5, 0.6) is 0 Å². The first-order valence-corrected chi connectivity index (χ1v) is 6.22. The minimum Gasteiger partial charge on any atom is -0.396 e. The molecule has 0 bridgehead atoms. The fourth-order valence-electron chi connectivity index (χ4n) is 2.00. The van der Waals surface area contributed by atoms with Crippen LogP contribution in [0.4, 0.5) is 11.4 Å². The zero-order chi connectivity index (χ0) is 13.1. The molecule has 1 aliphatic carbocycles. The van der Waals surface area contributed by atoms with Crippen LogP contribution in [0.3, 0.4) is 0 Å². The third kappa shape index (κ3) is 2.92. The summed E-state index contributed by atoms with van der Waals surface area (Å²) in [5.74, 6) is -0.494. The van der Waals surface area contributed by atoms with Crippen molar-refractivity contribution in [3.63, 3.8) is 0 Å². The number of nitrogen functional groups attached to an aromatic ring is 1. The number of rotatable bonds is 6. The summed E-state index contributed by atoms with van der Waals surface area (Å²) in [6.07, 6.45) is 2.60. The minimum atomic E-state index is -0.494. The van der Waals surface area contributed by atoms with E-state index in [9.17, 15) is 4.79 Å². The first-order chi connectivity index (χ1) is 8.59. The van der Waals surface area contributed by atoms with Crippen molar-refractivity contribution in [1.82, 2.24) is 4.90 Å². The van der Waals surface area contributed by atoms with Crippen molar-refractivity contribution in [2.24, 2.45) is 5.73 Å². The number of anilines is 2. The Hall–Kier alpha value is -1.75. The molecule has 98 valence electrons. The van der Waals surface area contributed by atoms with E-state index < -0.39 is 5.91 Å². The third-order valence-electron chi connectivity index (χ3n) is 3.32. The van der Waals surface area contributed by atoms with Crippen molar-refractivity contribution in [3.05, 3.63) is 23.8 Å². The van der Waals surface area contributed by atoms with Crippen molar-refractivity contribution < 1.29 is 4.79 Å². The zero-order valence-electron chi connectivity index (χ0n) is 10.6. The van der Waals surface area contributed by atoms with Crippen LogP contribution in [0.1, 0.15) is 23.2 Å². The molecule has 1 amide bonds. The van der Waals surface area contributed by atoms with Gasteiger partial charge in [0.15, 0.2) is 0 Å². The molecule has 0 heterocycles. The van der Waals surface area contributed by atoms with E-state index >= 15 is 0 Å². The summed E-state index contributed by atoms with van der Waals surface area (Å²) in [6, 6.07) is 6.03. The van der Waals surface area contributed by atoms with Gasteiger partial charge in [0.25, 0.3) is 5.91 Å². The summed E-state index contributed by atoms with van der Waals surface area (Å²) in [5.41, 5.74) is 12.7. The molecule has 1 fully saturated rings. The lowest BCUT2D eigenvalue weighted by molar-refractivity contribution is 0.100. The Labute approximate surface area is 107 Å². The van der Waals surface area contributed by atoms with Gasteiger partial charge in [-0.1, -0.05) is 6.07 Å². The zero-order valence-corrected chi connectivity index (χ0v) is 10.6. The molecular weight excluding hydrogens is 228 g/mol. The Morgan fingerprint density at radius 3 is 2.83 bits per heavy atom. The van der Waals surface area contributed by atoms with E-state index in [2.05, 4.69) is 17.3 Å². The van der Waals surface area contributed by atoms with E-state index in [0.29, 0.717) is 11.3 Å². The van der Waals surface area contributed by atoms with Crippen LogP contribution < -0.4 is 16.8 Å². The number of likely N-dealkylation sites (N-methyl/N-ethyl adjacent to an activating group) is 1. The maximum absolute atomic E-state index is 11.2. The number of hydrogen-bond donors (Lipinski definition) is 3. The highest BCUT2D eigenvalue weighted by Crippen LogP contribution is 2.25. The molecule has 0 saturated heterocycles. The third-order valence-corrected chi connectivity index (χ3v) is 3.32. The van der Waals surface area contributed by atoms with Crippen LogP contribution in [0.2, 0.25) is 0 Å². The lowest BCUT2D eigenvalue weighted by Gasteiger charge is -2.17. The Kier molecular flexibility index (Phi) is 3.72. The first-order valence-electron chi connectivity index (χ1n) is 6.22. The fourth-order valence-corrected chi connectivity index (χ4v) is 2.00. The molecule has 1 aliphatic rings. The van der Waals surface area contributed by atoms with Crippen LogP contribution >= 0.6 is 0 Å². The molecular formula is C13H20N4O. The summed E-state index contributed by atoms with van der Waals surface area (Å²) < 4.78 is 0. The second-order valence-corrected chi connectivity index (χ2v) is 4.77. The number of hydrogen-bond acceptors (Lipinski definition) is 4. The van der Waals surface area contributed by atoms with Gasteiger partial charge in [-0.05, 0) is 32.0 Å². The first kappa shape index (κ1) is 12.7. The maximum Gasteiger partial charge on any atom is 0.250 e. The monoisotopic (exact) mass is 248 g/mol. The van der Waals surface area contributed by atoms with Gasteiger partial charge in [0.05, 0.1) is 16.9 Å². The summed E-state index contributed by atoms with van der Waals surface area (Å²) in [6.45, 7) is 1.77. The molecule has 0 spiro atoms. The standard InChI is InChI=1S/C13H20N4O/c1-17(9-5-6-9)8-7-16-11-4-2-3-10(12(11)14)13(15)18/h2-4,9,16H,5-8,14H2,1H3,(H2,15,18). The van der Waals surface area contributed by atoms with Gasteiger partial charge in [0.1, 0.15) is 0 Å².